The Kier molecular flexibility index (Phi) is 2.44. The molecular weight excluding hydrogens is 164 g/mol. The second kappa shape index (κ2) is 3.00. The molecule has 0 spiro atoms. The summed E-state index contributed by atoms with van der Waals surface area (Å²) in [6, 6.07) is 0. The topological polar surface area (TPSA) is 26.3 Å². The largest absolute Gasteiger partial charge is 0.465 e. The fourth-order valence-electron chi connectivity index (χ4n) is 2.07. The van der Waals surface area contributed by atoms with E-state index in [1.807, 2.05) is 6.92 Å². The summed E-state index contributed by atoms with van der Waals surface area (Å²) in [7, 11) is 0. The maximum atomic E-state index is 11.6. The van der Waals surface area contributed by atoms with Crippen molar-refractivity contribution < 1.29 is 9.53 Å². The van der Waals surface area contributed by atoms with Crippen LogP contribution in [0, 0.1) is 16.7 Å². The van der Waals surface area contributed by atoms with E-state index in [9.17, 15) is 4.79 Å². The molecule has 0 saturated heterocycles. The molecule has 0 bridgehead atoms. The van der Waals surface area contributed by atoms with Crippen molar-refractivity contribution in [1.29, 1.82) is 0 Å². The average Bonchev–Trinajstić information content (AvgIpc) is 2.39. The van der Waals surface area contributed by atoms with Gasteiger partial charge in [-0.3, -0.25) is 4.79 Å². The maximum absolute atomic E-state index is 11.6. The monoisotopic (exact) mass is 184 g/mol. The van der Waals surface area contributed by atoms with Gasteiger partial charge in [-0.25, -0.2) is 0 Å². The molecule has 0 unspecified atom stereocenters. The molecule has 1 rings (SSSR count). The third-order valence-electron chi connectivity index (χ3n) is 3.70. The minimum atomic E-state index is -0.0168. The first-order chi connectivity index (χ1) is 5.85. The summed E-state index contributed by atoms with van der Waals surface area (Å²) in [5, 5.41) is 0. The first-order valence-electron chi connectivity index (χ1n) is 5.02. The molecule has 0 amide bonds. The number of ether oxygens (including phenoxy) is 1. The Balaban J connectivity index is 2.53. The van der Waals surface area contributed by atoms with Gasteiger partial charge in [-0.2, -0.15) is 0 Å². The van der Waals surface area contributed by atoms with Gasteiger partial charge >= 0.3 is 5.97 Å². The van der Waals surface area contributed by atoms with Gasteiger partial charge in [-0.15, -0.1) is 0 Å². The van der Waals surface area contributed by atoms with Crippen LogP contribution in [0.15, 0.2) is 0 Å². The molecule has 0 aromatic heterocycles. The Morgan fingerprint density at radius 1 is 1.23 bits per heavy atom. The van der Waals surface area contributed by atoms with E-state index >= 15 is 0 Å². The fourth-order valence-corrected chi connectivity index (χ4v) is 2.07. The van der Waals surface area contributed by atoms with Gasteiger partial charge in [-0.05, 0) is 17.3 Å². The summed E-state index contributed by atoms with van der Waals surface area (Å²) in [5.74, 6) is 0.0726. The zero-order chi connectivity index (χ0) is 10.3. The lowest BCUT2D eigenvalue weighted by Crippen LogP contribution is -2.11. The van der Waals surface area contributed by atoms with E-state index in [0.717, 1.165) is 6.42 Å². The lowest BCUT2D eigenvalue weighted by molar-refractivity contribution is -0.146. The summed E-state index contributed by atoms with van der Waals surface area (Å²) < 4.78 is 5.15. The highest BCUT2D eigenvalue weighted by Gasteiger charge is 2.69. The quantitative estimate of drug-likeness (QED) is 0.630. The van der Waals surface area contributed by atoms with Crippen molar-refractivity contribution in [1.82, 2.24) is 0 Å². The summed E-state index contributed by atoms with van der Waals surface area (Å²) in [6.07, 6.45) is 0.902. The zero-order valence-electron chi connectivity index (χ0n) is 9.31. The first kappa shape index (κ1) is 10.6. The van der Waals surface area contributed by atoms with Crippen LogP contribution in [0.5, 0.6) is 0 Å². The molecule has 0 aliphatic heterocycles. The molecule has 1 fully saturated rings. The molecule has 0 aromatic rings. The van der Waals surface area contributed by atoms with Crippen LogP contribution in [-0.4, -0.2) is 12.6 Å². The van der Waals surface area contributed by atoms with Crippen molar-refractivity contribution in [2.75, 3.05) is 6.61 Å². The standard InChI is InChI=1S/C11H20O2/c1-6-7-13-9(12)8-10(2,3)11(8,4)5/h8H,6-7H2,1-5H3. The van der Waals surface area contributed by atoms with E-state index in [1.54, 1.807) is 0 Å². The van der Waals surface area contributed by atoms with Crippen LogP contribution in [0.4, 0.5) is 0 Å². The van der Waals surface area contributed by atoms with Crippen LogP contribution in [0.3, 0.4) is 0 Å². The second-order valence-corrected chi connectivity index (χ2v) is 5.04. The SMILES string of the molecule is CCCOC(=O)C1C(C)(C)C1(C)C. The van der Waals surface area contributed by atoms with E-state index in [4.69, 9.17) is 4.74 Å². The molecule has 1 aliphatic carbocycles. The van der Waals surface area contributed by atoms with Gasteiger partial charge in [0.25, 0.3) is 0 Å². The van der Waals surface area contributed by atoms with Gasteiger partial charge in [0, 0.05) is 0 Å². The Labute approximate surface area is 80.7 Å². The fraction of sp³-hybridized carbons (Fsp3) is 0.909. The molecule has 0 heterocycles. The molecule has 13 heavy (non-hydrogen) atoms. The van der Waals surface area contributed by atoms with Crippen molar-refractivity contribution >= 4 is 5.97 Å². The van der Waals surface area contributed by atoms with Gasteiger partial charge in [-0.1, -0.05) is 34.6 Å². The van der Waals surface area contributed by atoms with E-state index in [0.29, 0.717) is 6.61 Å². The molecule has 1 saturated carbocycles. The molecule has 0 N–H and O–H groups in total. The maximum Gasteiger partial charge on any atom is 0.310 e. The molecule has 2 nitrogen and oxygen atoms in total. The van der Waals surface area contributed by atoms with Crippen LogP contribution in [-0.2, 0) is 9.53 Å². The predicted octanol–water partition coefficient (Wildman–Crippen LogP) is 2.62. The molecule has 0 aromatic carbocycles. The molecule has 2 heteroatoms. The van der Waals surface area contributed by atoms with Crippen LogP contribution in [0.1, 0.15) is 41.0 Å². The summed E-state index contributed by atoms with van der Waals surface area (Å²) in [6.45, 7) is 11.1. The molecule has 1 aliphatic rings. The Morgan fingerprint density at radius 3 is 2.00 bits per heavy atom. The lowest BCUT2D eigenvalue weighted by atomic mass is 10.0. The van der Waals surface area contributed by atoms with Gasteiger partial charge in [0.1, 0.15) is 0 Å². The average molecular weight is 184 g/mol. The predicted molar refractivity (Wildman–Crippen MR) is 52.3 cm³/mol. The third kappa shape index (κ3) is 1.47. The molecule has 0 radical (unpaired) electrons. The van der Waals surface area contributed by atoms with E-state index in [-0.39, 0.29) is 22.7 Å². The highest BCUT2D eigenvalue weighted by Crippen LogP contribution is 2.68. The number of hydrogen-bond acceptors (Lipinski definition) is 2. The number of hydrogen-bond donors (Lipinski definition) is 0. The number of esters is 1. The highest BCUT2D eigenvalue weighted by atomic mass is 16.5. The lowest BCUT2D eigenvalue weighted by Gasteiger charge is -2.03. The van der Waals surface area contributed by atoms with Crippen LogP contribution in [0.25, 0.3) is 0 Å². The van der Waals surface area contributed by atoms with Crippen molar-refractivity contribution in [3.8, 4) is 0 Å². The number of carbonyl (C=O) groups is 1. The van der Waals surface area contributed by atoms with Crippen molar-refractivity contribution in [3.63, 3.8) is 0 Å². The van der Waals surface area contributed by atoms with E-state index in [1.165, 1.54) is 0 Å². The van der Waals surface area contributed by atoms with Crippen LogP contribution in [0.2, 0.25) is 0 Å². The first-order valence-corrected chi connectivity index (χ1v) is 5.02. The summed E-state index contributed by atoms with van der Waals surface area (Å²) in [5.41, 5.74) is 0.218. The van der Waals surface area contributed by atoms with Gasteiger partial charge in [0.15, 0.2) is 0 Å². The van der Waals surface area contributed by atoms with Gasteiger partial charge in [0.05, 0.1) is 12.5 Å². The van der Waals surface area contributed by atoms with Gasteiger partial charge < -0.3 is 4.74 Å². The summed E-state index contributed by atoms with van der Waals surface area (Å²) in [4.78, 5) is 11.6. The minimum absolute atomic E-state index is 0.0168. The van der Waals surface area contributed by atoms with Crippen molar-refractivity contribution in [2.45, 2.75) is 41.0 Å². The molecular formula is C11H20O2. The van der Waals surface area contributed by atoms with Crippen molar-refractivity contribution in [3.05, 3.63) is 0 Å². The zero-order valence-corrected chi connectivity index (χ0v) is 9.31. The van der Waals surface area contributed by atoms with Gasteiger partial charge in [0.2, 0.25) is 0 Å². The van der Waals surface area contributed by atoms with Crippen molar-refractivity contribution in [2.24, 2.45) is 16.7 Å². The Hall–Kier alpha value is -0.530. The normalized spacial score (nSPS) is 24.1. The van der Waals surface area contributed by atoms with Crippen LogP contribution < -0.4 is 0 Å². The Morgan fingerprint density at radius 2 is 1.69 bits per heavy atom. The highest BCUT2D eigenvalue weighted by molar-refractivity contribution is 5.78. The number of carbonyl (C=O) groups excluding carboxylic acids is 1. The summed E-state index contributed by atoms with van der Waals surface area (Å²) >= 11 is 0. The third-order valence-corrected chi connectivity index (χ3v) is 3.70. The second-order valence-electron chi connectivity index (χ2n) is 5.04. The number of rotatable bonds is 3. The smallest absolute Gasteiger partial charge is 0.310 e. The molecule has 76 valence electrons. The molecule has 0 atom stereocenters. The van der Waals surface area contributed by atoms with E-state index < -0.39 is 0 Å². The van der Waals surface area contributed by atoms with Crippen LogP contribution >= 0.6 is 0 Å². The minimum Gasteiger partial charge on any atom is -0.465 e. The van der Waals surface area contributed by atoms with E-state index in [2.05, 4.69) is 27.7 Å². The Bertz CT molecular complexity index is 202.